The Bertz CT molecular complexity index is 1010. The summed E-state index contributed by atoms with van der Waals surface area (Å²) in [5.74, 6) is 1.14. The minimum absolute atomic E-state index is 0.292. The fourth-order valence-electron chi connectivity index (χ4n) is 2.81. The summed E-state index contributed by atoms with van der Waals surface area (Å²) in [5, 5.41) is 11.4. The highest BCUT2D eigenvalue weighted by molar-refractivity contribution is 9.10. The van der Waals surface area contributed by atoms with Crippen LogP contribution in [0.2, 0.25) is 0 Å². The quantitative estimate of drug-likeness (QED) is 0.551. The third-order valence-corrected chi connectivity index (χ3v) is 5.27. The molecule has 0 aliphatic carbocycles. The summed E-state index contributed by atoms with van der Waals surface area (Å²) in [6.45, 7) is 7.44. The number of benzene rings is 1. The van der Waals surface area contributed by atoms with Crippen LogP contribution in [0.3, 0.4) is 0 Å². The van der Waals surface area contributed by atoms with E-state index in [1.807, 2.05) is 39.0 Å². The third-order valence-electron chi connectivity index (χ3n) is 4.32. The molecule has 0 radical (unpaired) electrons. The Morgan fingerprint density at radius 3 is 2.59 bits per heavy atom. The van der Waals surface area contributed by atoms with Crippen LogP contribution in [0.5, 0.6) is 11.5 Å². The van der Waals surface area contributed by atoms with E-state index in [0.29, 0.717) is 41.4 Å². The summed E-state index contributed by atoms with van der Waals surface area (Å²) in [6.07, 6.45) is 3.39. The van der Waals surface area contributed by atoms with E-state index in [-0.39, 0.29) is 5.91 Å². The summed E-state index contributed by atoms with van der Waals surface area (Å²) >= 11 is 3.41. The summed E-state index contributed by atoms with van der Waals surface area (Å²) in [7, 11) is 1.79. The van der Waals surface area contributed by atoms with E-state index in [0.717, 1.165) is 17.0 Å². The van der Waals surface area contributed by atoms with Crippen molar-refractivity contribution >= 4 is 27.5 Å². The largest absolute Gasteiger partial charge is 0.490 e. The van der Waals surface area contributed by atoms with E-state index in [2.05, 4.69) is 31.4 Å². The Kier molecular flexibility index (Phi) is 6.58. The van der Waals surface area contributed by atoms with Gasteiger partial charge in [-0.3, -0.25) is 14.2 Å². The second-order valence-corrected chi connectivity index (χ2v) is 7.19. The molecule has 29 heavy (non-hydrogen) atoms. The van der Waals surface area contributed by atoms with E-state index in [1.165, 1.54) is 0 Å². The first-order valence-corrected chi connectivity index (χ1v) is 10.1. The highest BCUT2D eigenvalue weighted by atomic mass is 79.9. The van der Waals surface area contributed by atoms with Crippen molar-refractivity contribution in [3.8, 4) is 11.5 Å². The van der Waals surface area contributed by atoms with Gasteiger partial charge in [0, 0.05) is 13.2 Å². The number of amides is 1. The molecule has 3 aromatic rings. The minimum atomic E-state index is -0.292. The van der Waals surface area contributed by atoms with Crippen LogP contribution in [0.4, 0.5) is 5.69 Å². The Morgan fingerprint density at radius 2 is 1.93 bits per heavy atom. The number of carbonyl (C=O) groups is 1. The third kappa shape index (κ3) is 4.79. The van der Waals surface area contributed by atoms with Gasteiger partial charge in [0.15, 0.2) is 17.2 Å². The molecule has 8 nitrogen and oxygen atoms in total. The maximum atomic E-state index is 12.5. The number of aryl methyl sites for hydroxylation is 1. The molecule has 2 heterocycles. The van der Waals surface area contributed by atoms with Crippen LogP contribution in [-0.4, -0.2) is 38.7 Å². The predicted octanol–water partition coefficient (Wildman–Crippen LogP) is 3.79. The molecule has 0 fully saturated rings. The van der Waals surface area contributed by atoms with Crippen molar-refractivity contribution in [2.24, 2.45) is 7.05 Å². The van der Waals surface area contributed by atoms with Crippen LogP contribution in [0.25, 0.3) is 0 Å². The van der Waals surface area contributed by atoms with Crippen molar-refractivity contribution in [1.29, 1.82) is 0 Å². The van der Waals surface area contributed by atoms with E-state index in [1.54, 1.807) is 28.8 Å². The van der Waals surface area contributed by atoms with Gasteiger partial charge in [0.1, 0.15) is 0 Å². The summed E-state index contributed by atoms with van der Waals surface area (Å²) in [6, 6.07) is 5.82. The van der Waals surface area contributed by atoms with Gasteiger partial charge in [0.05, 0.1) is 41.8 Å². The van der Waals surface area contributed by atoms with Gasteiger partial charge >= 0.3 is 0 Å². The molecule has 0 unspecified atom stereocenters. The summed E-state index contributed by atoms with van der Waals surface area (Å²) in [4.78, 5) is 12.5. The normalized spacial score (nSPS) is 10.8. The predicted molar refractivity (Wildman–Crippen MR) is 114 cm³/mol. The molecule has 0 aliphatic rings. The first-order chi connectivity index (χ1) is 13.9. The van der Waals surface area contributed by atoms with Gasteiger partial charge in [-0.1, -0.05) is 6.07 Å². The van der Waals surface area contributed by atoms with Crippen LogP contribution in [-0.2, 0) is 13.6 Å². The Balaban J connectivity index is 1.71. The van der Waals surface area contributed by atoms with Gasteiger partial charge in [-0.25, -0.2) is 0 Å². The Hall–Kier alpha value is -2.81. The van der Waals surface area contributed by atoms with Gasteiger partial charge in [-0.05, 0) is 54.4 Å². The molecule has 0 aliphatic heterocycles. The Morgan fingerprint density at radius 1 is 1.21 bits per heavy atom. The molecule has 3 rings (SSSR count). The van der Waals surface area contributed by atoms with Crippen molar-refractivity contribution in [3.05, 3.63) is 52.0 Å². The van der Waals surface area contributed by atoms with Crippen molar-refractivity contribution in [1.82, 2.24) is 19.6 Å². The number of aromatic nitrogens is 4. The molecule has 0 atom stereocenters. The second-order valence-electron chi connectivity index (χ2n) is 6.40. The fourth-order valence-corrected chi connectivity index (χ4v) is 3.33. The smallest absolute Gasteiger partial charge is 0.277 e. The van der Waals surface area contributed by atoms with Gasteiger partial charge < -0.3 is 14.8 Å². The lowest BCUT2D eigenvalue weighted by Gasteiger charge is -2.12. The lowest BCUT2D eigenvalue weighted by atomic mass is 10.2. The fraction of sp³-hybridized carbons (Fsp3) is 0.350. The van der Waals surface area contributed by atoms with Gasteiger partial charge in [0.2, 0.25) is 0 Å². The topological polar surface area (TPSA) is 83.2 Å². The van der Waals surface area contributed by atoms with E-state index < -0.39 is 0 Å². The standard InChI is InChI=1S/C20H24BrN5O3/c1-5-28-16-8-7-14(9-17(16)29-6-2)11-26-12-15(10-22-26)23-20(27)19-18(21)13(3)25(4)24-19/h7-10,12H,5-6,11H2,1-4H3,(H,23,27). The van der Waals surface area contributed by atoms with Gasteiger partial charge in [-0.2, -0.15) is 10.2 Å². The maximum Gasteiger partial charge on any atom is 0.277 e. The van der Waals surface area contributed by atoms with Crippen molar-refractivity contribution < 1.29 is 14.3 Å². The van der Waals surface area contributed by atoms with Crippen molar-refractivity contribution in [3.63, 3.8) is 0 Å². The molecule has 0 saturated heterocycles. The zero-order chi connectivity index (χ0) is 21.0. The number of rotatable bonds is 8. The number of nitrogens with one attached hydrogen (secondary N) is 1. The van der Waals surface area contributed by atoms with Crippen LogP contribution in [0, 0.1) is 6.92 Å². The monoisotopic (exact) mass is 461 g/mol. The highest BCUT2D eigenvalue weighted by Gasteiger charge is 2.18. The molecule has 0 spiro atoms. The first-order valence-electron chi connectivity index (χ1n) is 9.34. The number of halogens is 1. The first kappa shape index (κ1) is 20.9. The average molecular weight is 462 g/mol. The van der Waals surface area contributed by atoms with Crippen molar-refractivity contribution in [2.75, 3.05) is 18.5 Å². The molecule has 9 heteroatoms. The van der Waals surface area contributed by atoms with E-state index >= 15 is 0 Å². The Labute approximate surface area is 177 Å². The second kappa shape index (κ2) is 9.13. The molecular formula is C20H24BrN5O3. The van der Waals surface area contributed by atoms with Crippen LogP contribution >= 0.6 is 15.9 Å². The molecular weight excluding hydrogens is 438 g/mol. The maximum absolute atomic E-state index is 12.5. The summed E-state index contributed by atoms with van der Waals surface area (Å²) in [5.41, 5.74) is 2.83. The van der Waals surface area contributed by atoms with Crippen molar-refractivity contribution in [2.45, 2.75) is 27.3 Å². The van der Waals surface area contributed by atoms with Crippen LogP contribution in [0.1, 0.15) is 35.6 Å². The molecule has 1 amide bonds. The minimum Gasteiger partial charge on any atom is -0.490 e. The summed E-state index contributed by atoms with van der Waals surface area (Å²) < 4.78 is 15.4. The molecule has 154 valence electrons. The molecule has 0 bridgehead atoms. The van der Waals surface area contributed by atoms with Crippen LogP contribution in [0.15, 0.2) is 35.1 Å². The molecule has 2 aromatic heterocycles. The van der Waals surface area contributed by atoms with Gasteiger partial charge in [0.25, 0.3) is 5.91 Å². The number of anilines is 1. The molecule has 1 aromatic carbocycles. The molecule has 0 saturated carbocycles. The number of hydrogen-bond donors (Lipinski definition) is 1. The zero-order valence-electron chi connectivity index (χ0n) is 16.9. The highest BCUT2D eigenvalue weighted by Crippen LogP contribution is 2.29. The average Bonchev–Trinajstić information content (AvgIpc) is 3.23. The zero-order valence-corrected chi connectivity index (χ0v) is 18.5. The number of ether oxygens (including phenoxy) is 2. The van der Waals surface area contributed by atoms with E-state index in [9.17, 15) is 4.79 Å². The number of carbonyl (C=O) groups excluding carboxylic acids is 1. The lowest BCUT2D eigenvalue weighted by molar-refractivity contribution is 0.102. The lowest BCUT2D eigenvalue weighted by Crippen LogP contribution is -2.13. The SMILES string of the molecule is CCOc1ccc(Cn2cc(NC(=O)c3nn(C)c(C)c3Br)cn2)cc1OCC. The van der Waals surface area contributed by atoms with Gasteiger partial charge in [-0.15, -0.1) is 0 Å². The van der Waals surface area contributed by atoms with Crippen LogP contribution < -0.4 is 14.8 Å². The number of hydrogen-bond acceptors (Lipinski definition) is 5. The van der Waals surface area contributed by atoms with E-state index in [4.69, 9.17) is 9.47 Å². The molecule has 1 N–H and O–H groups in total. The number of nitrogens with zero attached hydrogens (tertiary/aromatic N) is 4.